The third-order valence-corrected chi connectivity index (χ3v) is 2.92. The minimum Gasteiger partial charge on any atom is -0.396 e. The molecular formula is C13H20N2O3. The number of rotatable bonds is 7. The van der Waals surface area contributed by atoms with Gasteiger partial charge < -0.3 is 10.4 Å². The van der Waals surface area contributed by atoms with Crippen molar-refractivity contribution >= 4 is 11.4 Å². The van der Waals surface area contributed by atoms with Gasteiger partial charge in [-0.3, -0.25) is 10.1 Å². The highest BCUT2D eigenvalue weighted by Crippen LogP contribution is 2.21. The van der Waals surface area contributed by atoms with Crippen molar-refractivity contribution in [3.8, 4) is 0 Å². The van der Waals surface area contributed by atoms with Gasteiger partial charge in [-0.15, -0.1) is 0 Å². The minimum atomic E-state index is -0.389. The van der Waals surface area contributed by atoms with E-state index in [2.05, 4.69) is 5.32 Å². The third-order valence-electron chi connectivity index (χ3n) is 2.92. The summed E-state index contributed by atoms with van der Waals surface area (Å²) in [5.74, 6) is 0.324. The molecule has 0 radical (unpaired) electrons. The van der Waals surface area contributed by atoms with Gasteiger partial charge in [0.25, 0.3) is 5.69 Å². The quantitative estimate of drug-likeness (QED) is 0.444. The zero-order valence-corrected chi connectivity index (χ0v) is 10.8. The molecule has 0 fully saturated rings. The number of nitro benzene ring substituents is 1. The number of aryl methyl sites for hydroxylation is 1. The highest BCUT2D eigenvalue weighted by Gasteiger charge is 2.07. The summed E-state index contributed by atoms with van der Waals surface area (Å²) in [7, 11) is 0. The van der Waals surface area contributed by atoms with Crippen LogP contribution in [0.4, 0.5) is 11.4 Å². The Hall–Kier alpha value is -1.62. The van der Waals surface area contributed by atoms with Crippen molar-refractivity contribution in [3.63, 3.8) is 0 Å². The third kappa shape index (κ3) is 4.33. The fraction of sp³-hybridized carbons (Fsp3) is 0.538. The molecule has 0 saturated heterocycles. The maximum Gasteiger partial charge on any atom is 0.269 e. The summed E-state index contributed by atoms with van der Waals surface area (Å²) in [4.78, 5) is 10.2. The summed E-state index contributed by atoms with van der Waals surface area (Å²) < 4.78 is 0. The van der Waals surface area contributed by atoms with Crippen LogP contribution < -0.4 is 5.32 Å². The van der Waals surface area contributed by atoms with Gasteiger partial charge in [0, 0.05) is 31.0 Å². The number of nitrogens with one attached hydrogen (secondary N) is 1. The van der Waals surface area contributed by atoms with Gasteiger partial charge in [0.15, 0.2) is 0 Å². The summed E-state index contributed by atoms with van der Waals surface area (Å²) in [6, 6.07) is 4.81. The van der Waals surface area contributed by atoms with E-state index in [0.29, 0.717) is 5.92 Å². The Bertz CT molecular complexity index is 407. The Balaban J connectivity index is 2.46. The molecule has 0 bridgehead atoms. The predicted molar refractivity (Wildman–Crippen MR) is 71.8 cm³/mol. The Morgan fingerprint density at radius 3 is 2.78 bits per heavy atom. The molecule has 0 amide bonds. The fourth-order valence-electron chi connectivity index (χ4n) is 1.72. The van der Waals surface area contributed by atoms with Crippen LogP contribution in [0.1, 0.15) is 25.3 Å². The number of nitro groups is 1. The van der Waals surface area contributed by atoms with E-state index in [0.717, 1.165) is 30.6 Å². The van der Waals surface area contributed by atoms with Gasteiger partial charge in [-0.1, -0.05) is 6.92 Å². The zero-order valence-electron chi connectivity index (χ0n) is 10.8. The summed E-state index contributed by atoms with van der Waals surface area (Å²) >= 11 is 0. The Kier molecular flexibility index (Phi) is 5.58. The lowest BCUT2D eigenvalue weighted by Gasteiger charge is -2.11. The van der Waals surface area contributed by atoms with Gasteiger partial charge >= 0.3 is 0 Å². The first-order valence-corrected chi connectivity index (χ1v) is 6.14. The second-order valence-electron chi connectivity index (χ2n) is 4.61. The van der Waals surface area contributed by atoms with Crippen LogP contribution >= 0.6 is 0 Å². The Labute approximate surface area is 107 Å². The van der Waals surface area contributed by atoms with E-state index in [4.69, 9.17) is 5.11 Å². The maximum atomic E-state index is 10.6. The first-order valence-electron chi connectivity index (χ1n) is 6.14. The van der Waals surface area contributed by atoms with Crippen LogP contribution in [0.25, 0.3) is 0 Å². The molecule has 1 aromatic carbocycles. The molecule has 18 heavy (non-hydrogen) atoms. The molecule has 1 rings (SSSR count). The van der Waals surface area contributed by atoms with Crippen LogP contribution in [-0.2, 0) is 0 Å². The number of aliphatic hydroxyl groups is 1. The van der Waals surface area contributed by atoms with Gasteiger partial charge in [0.1, 0.15) is 0 Å². The van der Waals surface area contributed by atoms with E-state index in [-0.39, 0.29) is 17.2 Å². The predicted octanol–water partition coefficient (Wildman–Crippen LogP) is 2.72. The number of benzene rings is 1. The summed E-state index contributed by atoms with van der Waals surface area (Å²) in [6.07, 6.45) is 1.94. The van der Waals surface area contributed by atoms with E-state index in [1.165, 1.54) is 6.07 Å². The molecule has 0 aliphatic carbocycles. The normalized spacial score (nSPS) is 12.2. The molecule has 1 aromatic rings. The summed E-state index contributed by atoms with van der Waals surface area (Å²) in [6.45, 7) is 4.89. The molecule has 100 valence electrons. The molecule has 0 spiro atoms. The fourth-order valence-corrected chi connectivity index (χ4v) is 1.72. The SMILES string of the molecule is Cc1cc([N+](=O)[O-])ccc1NCCCC(C)CO. The first-order chi connectivity index (χ1) is 8.54. The highest BCUT2D eigenvalue weighted by molar-refractivity contribution is 5.55. The topological polar surface area (TPSA) is 75.4 Å². The van der Waals surface area contributed by atoms with Crippen molar-refractivity contribution in [1.82, 2.24) is 0 Å². The van der Waals surface area contributed by atoms with Crippen LogP contribution in [0.3, 0.4) is 0 Å². The molecule has 0 aromatic heterocycles. The van der Waals surface area contributed by atoms with Gasteiger partial charge in [0.2, 0.25) is 0 Å². The van der Waals surface area contributed by atoms with Crippen LogP contribution in [0, 0.1) is 23.0 Å². The minimum absolute atomic E-state index is 0.118. The van der Waals surface area contributed by atoms with Gasteiger partial charge in [0.05, 0.1) is 4.92 Å². The molecule has 5 heteroatoms. The number of hydrogen-bond donors (Lipinski definition) is 2. The molecule has 1 unspecified atom stereocenters. The number of hydrogen-bond acceptors (Lipinski definition) is 4. The summed E-state index contributed by atoms with van der Waals surface area (Å²) in [5, 5.41) is 22.7. The number of nitrogens with zero attached hydrogens (tertiary/aromatic N) is 1. The Morgan fingerprint density at radius 1 is 1.50 bits per heavy atom. The average molecular weight is 252 g/mol. The lowest BCUT2D eigenvalue weighted by Crippen LogP contribution is -2.07. The van der Waals surface area contributed by atoms with Gasteiger partial charge in [-0.25, -0.2) is 0 Å². The van der Waals surface area contributed by atoms with Gasteiger partial charge in [-0.05, 0) is 37.3 Å². The summed E-state index contributed by atoms with van der Waals surface area (Å²) in [5.41, 5.74) is 1.92. The van der Waals surface area contributed by atoms with Gasteiger partial charge in [-0.2, -0.15) is 0 Å². The zero-order chi connectivity index (χ0) is 13.5. The standard InChI is InChI=1S/C13H20N2O3/c1-10(9-16)4-3-7-14-13-6-5-12(15(17)18)8-11(13)2/h5-6,8,10,14,16H,3-4,7,9H2,1-2H3. The van der Waals surface area contributed by atoms with Crippen LogP contribution in [0.15, 0.2) is 18.2 Å². The van der Waals surface area contributed by atoms with E-state index < -0.39 is 0 Å². The molecule has 0 saturated carbocycles. The van der Waals surface area contributed by atoms with E-state index in [9.17, 15) is 10.1 Å². The van der Waals surface area contributed by atoms with Crippen LogP contribution in [0.2, 0.25) is 0 Å². The van der Waals surface area contributed by atoms with Crippen molar-refractivity contribution in [1.29, 1.82) is 0 Å². The number of anilines is 1. The molecular weight excluding hydrogens is 232 g/mol. The second kappa shape index (κ2) is 6.96. The number of non-ortho nitro benzene ring substituents is 1. The molecule has 5 nitrogen and oxygen atoms in total. The Morgan fingerprint density at radius 2 is 2.22 bits per heavy atom. The highest BCUT2D eigenvalue weighted by atomic mass is 16.6. The molecule has 0 heterocycles. The average Bonchev–Trinajstić information content (AvgIpc) is 2.35. The molecule has 1 atom stereocenters. The second-order valence-corrected chi connectivity index (χ2v) is 4.61. The lowest BCUT2D eigenvalue weighted by molar-refractivity contribution is -0.384. The molecule has 0 aliphatic rings. The first kappa shape index (κ1) is 14.4. The van der Waals surface area contributed by atoms with E-state index >= 15 is 0 Å². The van der Waals surface area contributed by atoms with E-state index in [1.807, 2.05) is 13.8 Å². The smallest absolute Gasteiger partial charge is 0.269 e. The monoisotopic (exact) mass is 252 g/mol. The van der Waals surface area contributed by atoms with Crippen molar-refractivity contribution in [2.45, 2.75) is 26.7 Å². The van der Waals surface area contributed by atoms with E-state index in [1.54, 1.807) is 12.1 Å². The lowest BCUT2D eigenvalue weighted by atomic mass is 10.1. The molecule has 0 aliphatic heterocycles. The van der Waals surface area contributed by atoms with Crippen molar-refractivity contribution in [2.75, 3.05) is 18.5 Å². The van der Waals surface area contributed by atoms with Crippen molar-refractivity contribution in [2.24, 2.45) is 5.92 Å². The number of aliphatic hydroxyl groups excluding tert-OH is 1. The van der Waals surface area contributed by atoms with Crippen molar-refractivity contribution in [3.05, 3.63) is 33.9 Å². The van der Waals surface area contributed by atoms with Crippen molar-refractivity contribution < 1.29 is 10.0 Å². The van der Waals surface area contributed by atoms with Crippen LogP contribution in [-0.4, -0.2) is 23.2 Å². The van der Waals surface area contributed by atoms with Crippen LogP contribution in [0.5, 0.6) is 0 Å². The largest absolute Gasteiger partial charge is 0.396 e. The molecule has 2 N–H and O–H groups in total. The maximum absolute atomic E-state index is 10.6.